The van der Waals surface area contributed by atoms with Gasteiger partial charge < -0.3 is 35.2 Å². The minimum Gasteiger partial charge on any atom is -0.382 e. The maximum atomic E-state index is 14.6. The number of hydrogen-bond donors (Lipinski definition) is 4. The largest absolute Gasteiger partial charge is 0.501 e. The van der Waals surface area contributed by atoms with E-state index >= 15 is 0 Å². The predicted octanol–water partition coefficient (Wildman–Crippen LogP) is 8.97. The summed E-state index contributed by atoms with van der Waals surface area (Å²) in [6.45, 7) is 15.2. The zero-order valence-corrected chi connectivity index (χ0v) is 58.7. The molecule has 23 nitrogen and oxygen atoms in total. The van der Waals surface area contributed by atoms with E-state index in [0.717, 1.165) is 66.5 Å². The summed E-state index contributed by atoms with van der Waals surface area (Å²) in [6.07, 6.45) is 5.74. The van der Waals surface area contributed by atoms with Crippen LogP contribution in [0.25, 0.3) is 5.57 Å². The molecule has 30 heteroatoms. The van der Waals surface area contributed by atoms with Gasteiger partial charge in [0.1, 0.15) is 23.2 Å². The van der Waals surface area contributed by atoms with Crippen molar-refractivity contribution in [3.63, 3.8) is 0 Å². The van der Waals surface area contributed by atoms with Gasteiger partial charge in [-0.05, 0) is 134 Å². The van der Waals surface area contributed by atoms with Gasteiger partial charge in [0.25, 0.3) is 37.6 Å². The number of carbonyl (C=O) groups is 5. The number of rotatable bonds is 28. The van der Waals surface area contributed by atoms with Gasteiger partial charge in [-0.15, -0.1) is 16.9 Å². The maximum Gasteiger partial charge on any atom is 0.501 e. The van der Waals surface area contributed by atoms with Crippen LogP contribution in [-0.2, 0) is 52.1 Å². The molecule has 3 fully saturated rings. The van der Waals surface area contributed by atoms with Crippen LogP contribution >= 0.6 is 23.4 Å². The molecular formula is C70H80ClF3N12O11S3. The summed E-state index contributed by atoms with van der Waals surface area (Å²) in [7, 11) is -11.1. The first-order valence-corrected chi connectivity index (χ1v) is 37.4. The van der Waals surface area contributed by atoms with E-state index < -0.39 is 76.6 Å². The minimum atomic E-state index is -6.18. The molecule has 1 unspecified atom stereocenters. The number of hydrogen-bond acceptors (Lipinski definition) is 19. The normalized spacial score (nSPS) is 18.3. The van der Waals surface area contributed by atoms with Crippen molar-refractivity contribution in [3.8, 4) is 0 Å². The number of nitrogens with zero attached hydrogens (tertiary/aromatic N) is 8. The fraction of sp³-hybridized carbons (Fsp3) is 0.414. The Morgan fingerprint density at radius 2 is 1.54 bits per heavy atom. The van der Waals surface area contributed by atoms with Gasteiger partial charge >= 0.3 is 5.51 Å². The highest BCUT2D eigenvalue weighted by Gasteiger charge is 2.49. The van der Waals surface area contributed by atoms with Crippen molar-refractivity contribution in [1.82, 2.24) is 44.6 Å². The Labute approximate surface area is 588 Å². The van der Waals surface area contributed by atoms with E-state index in [1.165, 1.54) is 45.3 Å². The fourth-order valence-corrected chi connectivity index (χ4v) is 16.1. The van der Waals surface area contributed by atoms with Crippen LogP contribution in [0.4, 0.5) is 30.2 Å². The maximum absolute atomic E-state index is 14.6. The van der Waals surface area contributed by atoms with Gasteiger partial charge in [-0.25, -0.2) is 26.2 Å². The van der Waals surface area contributed by atoms with Crippen molar-refractivity contribution in [2.24, 2.45) is 5.41 Å². The van der Waals surface area contributed by atoms with Crippen molar-refractivity contribution in [2.75, 3.05) is 113 Å². The number of allylic oxidation sites excluding steroid dienone is 2. The van der Waals surface area contributed by atoms with E-state index in [1.54, 1.807) is 41.4 Å². The number of carbonyl (C=O) groups excluding carboxylic acids is 5. The second-order valence-electron chi connectivity index (χ2n) is 26.1. The molecule has 532 valence electrons. The summed E-state index contributed by atoms with van der Waals surface area (Å²) < 4.78 is 113. The molecule has 2 atom stereocenters. The van der Waals surface area contributed by atoms with E-state index in [2.05, 4.69) is 73.5 Å². The second-order valence-corrected chi connectivity index (χ2v) is 31.2. The van der Waals surface area contributed by atoms with Gasteiger partial charge in [0.05, 0.1) is 54.3 Å². The molecule has 5 aromatic carbocycles. The zero-order chi connectivity index (χ0) is 70.9. The average molecular weight is 1450 g/mol. The van der Waals surface area contributed by atoms with Crippen LogP contribution in [0.15, 0.2) is 154 Å². The van der Waals surface area contributed by atoms with Crippen LogP contribution in [0.2, 0.25) is 5.02 Å². The smallest absolute Gasteiger partial charge is 0.382 e. The summed E-state index contributed by atoms with van der Waals surface area (Å²) in [5, 5.41) is 17.7. The van der Waals surface area contributed by atoms with Gasteiger partial charge in [0, 0.05) is 116 Å². The lowest BCUT2D eigenvalue weighted by Crippen LogP contribution is -2.51. The fourth-order valence-electron chi connectivity index (χ4n) is 13.0. The van der Waals surface area contributed by atoms with Crippen LogP contribution in [-0.4, -0.2) is 196 Å². The molecular weight excluding hydrogens is 1370 g/mol. The third kappa shape index (κ3) is 17.9. The molecule has 0 saturated carbocycles. The number of sulfone groups is 1. The molecule has 100 heavy (non-hydrogen) atoms. The Morgan fingerprint density at radius 3 is 2.26 bits per heavy atom. The number of imide groups is 1. The number of alkyl halides is 3. The number of nitrogens with one attached hydrogen (secondary N) is 4. The Kier molecular flexibility index (Phi) is 23.2. The topological polar surface area (TPSA) is 267 Å². The average Bonchev–Trinajstić information content (AvgIpc) is 1.51. The Bertz CT molecular complexity index is 4260. The lowest BCUT2D eigenvalue weighted by Gasteiger charge is -2.39. The number of amides is 5. The molecule has 0 bridgehead atoms. The third-order valence-corrected chi connectivity index (χ3v) is 22.7. The molecule has 3 saturated heterocycles. The molecule has 5 heterocycles. The lowest BCUT2D eigenvalue weighted by atomic mass is 9.73. The quantitative estimate of drug-likeness (QED) is 0.0203. The van der Waals surface area contributed by atoms with Gasteiger partial charge in [-0.3, -0.25) is 38.7 Å². The number of piperidine rings is 1. The first-order chi connectivity index (χ1) is 47.8. The van der Waals surface area contributed by atoms with Crippen LogP contribution in [0.1, 0.15) is 94.7 Å². The summed E-state index contributed by atoms with van der Waals surface area (Å²) in [4.78, 5) is 74.4. The molecule has 6 aromatic rings. The summed E-state index contributed by atoms with van der Waals surface area (Å²) in [6, 6.07) is 29.2. The van der Waals surface area contributed by atoms with Crippen molar-refractivity contribution < 1.29 is 63.5 Å². The zero-order valence-electron chi connectivity index (χ0n) is 55.5. The Hall–Kier alpha value is -8.16. The highest BCUT2D eigenvalue weighted by molar-refractivity contribution is 7.99. The number of thioether (sulfide) groups is 1. The number of sulfonamides is 1. The molecule has 4 aliphatic heterocycles. The Balaban J connectivity index is 0.637. The van der Waals surface area contributed by atoms with Crippen molar-refractivity contribution >= 4 is 95.4 Å². The van der Waals surface area contributed by atoms with E-state index in [9.17, 15) is 54.0 Å². The molecule has 1 aromatic heterocycles. The van der Waals surface area contributed by atoms with Crippen molar-refractivity contribution in [2.45, 2.75) is 97.8 Å². The minimum absolute atomic E-state index is 0.0418. The number of fused-ring (bicyclic) bond motifs is 1. The Morgan fingerprint density at radius 1 is 0.820 bits per heavy atom. The number of benzene rings is 5. The van der Waals surface area contributed by atoms with Gasteiger partial charge in [-0.2, -0.15) is 13.2 Å². The summed E-state index contributed by atoms with van der Waals surface area (Å²) in [5.74, 6) is -2.52. The van der Waals surface area contributed by atoms with Gasteiger partial charge in [-0.1, -0.05) is 79.2 Å². The highest BCUT2D eigenvalue weighted by Crippen LogP contribution is 2.44. The summed E-state index contributed by atoms with van der Waals surface area (Å²) >= 11 is 7.61. The van der Waals surface area contributed by atoms with Crippen LogP contribution in [0.3, 0.4) is 0 Å². The van der Waals surface area contributed by atoms with Crippen LogP contribution in [0, 0.1) is 5.41 Å². The summed E-state index contributed by atoms with van der Waals surface area (Å²) in [5.41, 5.74) is 0.551. The molecule has 4 N–H and O–H groups in total. The first-order valence-electron chi connectivity index (χ1n) is 33.1. The molecule has 5 amide bonds. The van der Waals surface area contributed by atoms with E-state index in [4.69, 9.17) is 21.1 Å². The van der Waals surface area contributed by atoms with E-state index in [1.807, 2.05) is 47.2 Å². The number of ether oxygens (including phenoxy) is 2. The number of piperazine rings is 2. The first kappa shape index (κ1) is 73.1. The van der Waals surface area contributed by atoms with Gasteiger partial charge in [0.15, 0.2) is 0 Å². The van der Waals surface area contributed by atoms with Crippen LogP contribution < -0.4 is 25.6 Å². The monoisotopic (exact) mass is 1450 g/mol. The van der Waals surface area contributed by atoms with E-state index in [-0.39, 0.29) is 66.7 Å². The number of halogens is 4. The van der Waals surface area contributed by atoms with Crippen molar-refractivity contribution in [3.05, 3.63) is 172 Å². The standard InChI is InChI=1S/C70H80ClF3N12O11S3/c1-47-12-23-61(66(89)76-47)86-67(90)58-10-7-11-60(64(58)68(86)91)75-27-37-96-38-39-97-45-53-43-85(80-78-53)44-63(87)84-35-29-81(30-36-84)28-25-52(46-98-55-8-5-4-6-9-55)77-59-22-21-56(40-62(59)99(92,93)70(72,73)74)100(94,95)79-65(88)49-15-19-54(20-16-49)83-33-31-82(32-34-83)42-50-41-69(2,3)26-24-57(50)48-13-17-51(71)18-14-48/h4-11,13-22,40,43,52,61,75,77H,1,12,23-39,41-42,44-46H2,2-3H3,(H,76,89)(H,79,88)/t52-,61?/m1/s1. The SMILES string of the molecule is C=C1CCC(N2C(=O)c3cccc(NCCOCCOCc4cn(CC(=O)N5CCN(CC[C@H](CSc6ccccc6)Nc6ccc(S(=O)(=O)NC(=O)c7ccc(N8CCN(CC9=C(c%10ccc(Cl)cc%10)CCC(C)(C)C9)CC8)cc7)cc6S(=O)(=O)C(F)(F)F)CC5)nn4)c3C2=O)C(=O)N1. The molecule has 0 radical (unpaired) electrons. The number of anilines is 3. The van der Waals surface area contributed by atoms with E-state index in [0.29, 0.717) is 99.8 Å². The van der Waals surface area contributed by atoms with Crippen molar-refractivity contribution in [1.29, 1.82) is 0 Å². The lowest BCUT2D eigenvalue weighted by molar-refractivity contribution is -0.133. The second kappa shape index (κ2) is 31.8. The molecule has 1 aliphatic carbocycles. The molecule has 0 spiro atoms. The molecule has 5 aliphatic rings. The third-order valence-electron chi connectivity index (χ3n) is 18.4. The van der Waals surface area contributed by atoms with Crippen LogP contribution in [0.5, 0.6) is 0 Å². The molecule has 11 rings (SSSR count). The van der Waals surface area contributed by atoms with Gasteiger partial charge in [0.2, 0.25) is 11.8 Å². The number of aromatic nitrogens is 3. The highest BCUT2D eigenvalue weighted by atomic mass is 35.5. The predicted molar refractivity (Wildman–Crippen MR) is 374 cm³/mol.